The molecule has 2 N–H and O–H groups in total. The van der Waals surface area contributed by atoms with Gasteiger partial charge in [-0.1, -0.05) is 0 Å². The van der Waals surface area contributed by atoms with Gasteiger partial charge >= 0.3 is 0 Å². The van der Waals surface area contributed by atoms with E-state index in [0.717, 1.165) is 36.7 Å². The fraction of sp³-hybridized carbons (Fsp3) is 0.533. The lowest BCUT2D eigenvalue weighted by molar-refractivity contribution is -0.384. The second kappa shape index (κ2) is 7.91. The zero-order chi connectivity index (χ0) is 18.7. The number of non-ortho nitro benzene ring substituents is 1. The Bertz CT molecular complexity index is 778. The lowest BCUT2D eigenvalue weighted by Gasteiger charge is -2.28. The molecule has 1 aromatic rings. The second-order valence-electron chi connectivity index (χ2n) is 6.20. The Morgan fingerprint density at radius 2 is 1.92 bits per heavy atom. The molecule has 0 saturated carbocycles. The average molecular weight is 400 g/mol. The molecule has 26 heavy (non-hydrogen) atoms. The molecule has 0 spiro atoms. The molecule has 2 fully saturated rings. The summed E-state index contributed by atoms with van der Waals surface area (Å²) in [5.41, 5.74) is -0.170. The summed E-state index contributed by atoms with van der Waals surface area (Å²) >= 11 is 1.82. The first kappa shape index (κ1) is 19.1. The number of nitrogens with one attached hydrogen (secondary N) is 2. The standard InChI is InChI=1S/C15H20N4O5S2/c20-15(18-5-7-25-8-6-18)14-9-11(10-16-14)17-26(23,24)13-3-1-12(2-4-13)19(21)22/h1-4,11,14,16-17H,5-10H2/t11-,14-/m0/s1. The molecule has 142 valence electrons. The highest BCUT2D eigenvalue weighted by Gasteiger charge is 2.34. The maximum absolute atomic E-state index is 12.5. The molecule has 2 aliphatic heterocycles. The molecule has 1 amide bonds. The smallest absolute Gasteiger partial charge is 0.269 e. The van der Waals surface area contributed by atoms with Crippen molar-refractivity contribution in [2.75, 3.05) is 31.1 Å². The van der Waals surface area contributed by atoms with Crippen molar-refractivity contribution in [2.45, 2.75) is 23.4 Å². The van der Waals surface area contributed by atoms with E-state index >= 15 is 0 Å². The van der Waals surface area contributed by atoms with Gasteiger partial charge < -0.3 is 10.2 Å². The van der Waals surface area contributed by atoms with Gasteiger partial charge in [-0.15, -0.1) is 0 Å². The van der Waals surface area contributed by atoms with E-state index in [1.807, 2.05) is 16.7 Å². The van der Waals surface area contributed by atoms with E-state index in [-0.39, 0.29) is 22.5 Å². The van der Waals surface area contributed by atoms with E-state index in [1.165, 1.54) is 12.1 Å². The summed E-state index contributed by atoms with van der Waals surface area (Å²) in [6.45, 7) is 1.81. The molecule has 9 nitrogen and oxygen atoms in total. The molecule has 2 saturated heterocycles. The Morgan fingerprint density at radius 1 is 1.27 bits per heavy atom. The first-order valence-corrected chi connectivity index (χ1v) is 10.9. The molecule has 3 rings (SSSR count). The lowest BCUT2D eigenvalue weighted by Crippen LogP contribution is -2.47. The Morgan fingerprint density at radius 3 is 2.54 bits per heavy atom. The van der Waals surface area contributed by atoms with E-state index in [1.54, 1.807) is 0 Å². The van der Waals surface area contributed by atoms with Crippen LogP contribution in [0.5, 0.6) is 0 Å². The van der Waals surface area contributed by atoms with Crippen molar-refractivity contribution >= 4 is 33.4 Å². The predicted molar refractivity (Wildman–Crippen MR) is 97.5 cm³/mol. The third-order valence-electron chi connectivity index (χ3n) is 4.43. The van der Waals surface area contributed by atoms with Crippen LogP contribution < -0.4 is 10.0 Å². The van der Waals surface area contributed by atoms with Crippen molar-refractivity contribution in [2.24, 2.45) is 0 Å². The number of carbonyl (C=O) groups is 1. The number of amides is 1. The number of benzene rings is 1. The van der Waals surface area contributed by atoms with Crippen molar-refractivity contribution < 1.29 is 18.1 Å². The number of rotatable bonds is 5. The molecule has 2 atom stereocenters. The summed E-state index contributed by atoms with van der Waals surface area (Å²) < 4.78 is 27.5. The fourth-order valence-corrected chi connectivity index (χ4v) is 5.20. The minimum absolute atomic E-state index is 0.0160. The number of carbonyl (C=O) groups excluding carboxylic acids is 1. The molecule has 0 aliphatic carbocycles. The van der Waals surface area contributed by atoms with E-state index in [9.17, 15) is 23.3 Å². The molecular weight excluding hydrogens is 380 g/mol. The molecule has 2 aliphatic rings. The molecule has 0 bridgehead atoms. The summed E-state index contributed by atoms with van der Waals surface area (Å²) in [6.07, 6.45) is 0.384. The molecule has 0 unspecified atom stereocenters. The maximum atomic E-state index is 12.5. The van der Waals surface area contributed by atoms with E-state index < -0.39 is 21.0 Å². The third kappa shape index (κ3) is 4.34. The topological polar surface area (TPSA) is 122 Å². The highest BCUT2D eigenvalue weighted by atomic mass is 32.2. The summed E-state index contributed by atoms with van der Waals surface area (Å²) in [7, 11) is -3.80. The first-order chi connectivity index (χ1) is 12.4. The maximum Gasteiger partial charge on any atom is 0.269 e. The summed E-state index contributed by atoms with van der Waals surface area (Å²) in [5, 5.41) is 13.8. The van der Waals surface area contributed by atoms with Crippen LogP contribution in [0.3, 0.4) is 0 Å². The van der Waals surface area contributed by atoms with Gasteiger partial charge in [0, 0.05) is 49.3 Å². The van der Waals surface area contributed by atoms with Crippen molar-refractivity contribution in [3.05, 3.63) is 34.4 Å². The van der Waals surface area contributed by atoms with Gasteiger partial charge in [0.15, 0.2) is 0 Å². The molecule has 1 aromatic carbocycles. The van der Waals surface area contributed by atoms with Crippen LogP contribution in [0.25, 0.3) is 0 Å². The number of nitrogens with zero attached hydrogens (tertiary/aromatic N) is 2. The molecule has 2 heterocycles. The van der Waals surface area contributed by atoms with E-state index in [0.29, 0.717) is 13.0 Å². The Kier molecular flexibility index (Phi) is 5.80. The van der Waals surface area contributed by atoms with Crippen molar-refractivity contribution in [1.82, 2.24) is 14.9 Å². The van der Waals surface area contributed by atoms with Gasteiger partial charge in [-0.2, -0.15) is 11.8 Å². The SMILES string of the molecule is O=C([C@@H]1C[C@H](NS(=O)(=O)c2ccc([N+](=O)[O-])cc2)CN1)N1CCSCC1. The van der Waals surface area contributed by atoms with Gasteiger partial charge in [0.2, 0.25) is 15.9 Å². The number of sulfonamides is 1. The van der Waals surface area contributed by atoms with E-state index in [4.69, 9.17) is 0 Å². The van der Waals surface area contributed by atoms with Crippen LogP contribution >= 0.6 is 11.8 Å². The van der Waals surface area contributed by atoms with Crippen molar-refractivity contribution in [3.8, 4) is 0 Å². The number of hydrogen-bond donors (Lipinski definition) is 2. The minimum atomic E-state index is -3.80. The van der Waals surface area contributed by atoms with Gasteiger partial charge in [0.25, 0.3) is 5.69 Å². The van der Waals surface area contributed by atoms with Crippen LogP contribution in [0, 0.1) is 10.1 Å². The minimum Gasteiger partial charge on any atom is -0.340 e. The monoisotopic (exact) mass is 400 g/mol. The van der Waals surface area contributed by atoms with Gasteiger partial charge in [-0.05, 0) is 18.6 Å². The second-order valence-corrected chi connectivity index (χ2v) is 9.14. The summed E-state index contributed by atoms with van der Waals surface area (Å²) in [6, 6.07) is 3.93. The zero-order valence-corrected chi connectivity index (χ0v) is 15.6. The highest BCUT2D eigenvalue weighted by Crippen LogP contribution is 2.19. The highest BCUT2D eigenvalue weighted by molar-refractivity contribution is 7.99. The average Bonchev–Trinajstić information content (AvgIpc) is 3.09. The van der Waals surface area contributed by atoms with E-state index in [2.05, 4.69) is 10.0 Å². The predicted octanol–water partition coefficient (Wildman–Crippen LogP) is 0.179. The summed E-state index contributed by atoms with van der Waals surface area (Å²) in [5.74, 6) is 1.87. The van der Waals surface area contributed by atoms with Crippen LogP contribution in [0.4, 0.5) is 5.69 Å². The lowest BCUT2D eigenvalue weighted by atomic mass is 10.1. The molecule has 0 radical (unpaired) electrons. The van der Waals surface area contributed by atoms with Crippen LogP contribution in [-0.4, -0.2) is 67.4 Å². The van der Waals surface area contributed by atoms with Crippen LogP contribution in [0.1, 0.15) is 6.42 Å². The largest absolute Gasteiger partial charge is 0.340 e. The van der Waals surface area contributed by atoms with Crippen LogP contribution in [0.15, 0.2) is 29.2 Å². The normalized spacial score (nSPS) is 23.8. The zero-order valence-electron chi connectivity index (χ0n) is 14.0. The number of nitro benzene ring substituents is 1. The van der Waals surface area contributed by atoms with Crippen molar-refractivity contribution in [3.63, 3.8) is 0 Å². The number of thioether (sulfide) groups is 1. The quantitative estimate of drug-likeness (QED) is 0.534. The molecule has 11 heteroatoms. The number of hydrogen-bond acceptors (Lipinski definition) is 7. The Hall–Kier alpha value is -1.69. The first-order valence-electron chi connectivity index (χ1n) is 8.23. The van der Waals surface area contributed by atoms with Crippen LogP contribution in [-0.2, 0) is 14.8 Å². The van der Waals surface area contributed by atoms with Gasteiger partial charge in [-0.3, -0.25) is 14.9 Å². The van der Waals surface area contributed by atoms with Crippen LogP contribution in [0.2, 0.25) is 0 Å². The summed E-state index contributed by atoms with van der Waals surface area (Å²) in [4.78, 5) is 24.4. The molecular formula is C15H20N4O5S2. The molecule has 0 aromatic heterocycles. The Balaban J connectivity index is 1.60. The third-order valence-corrected chi connectivity index (χ3v) is 6.91. The fourth-order valence-electron chi connectivity index (χ4n) is 3.05. The number of nitro groups is 1. The van der Waals surface area contributed by atoms with Gasteiger partial charge in [0.1, 0.15) is 0 Å². The van der Waals surface area contributed by atoms with Gasteiger partial charge in [-0.25, -0.2) is 13.1 Å². The van der Waals surface area contributed by atoms with Crippen molar-refractivity contribution in [1.29, 1.82) is 0 Å². The Labute approximate surface area is 155 Å². The van der Waals surface area contributed by atoms with Gasteiger partial charge in [0.05, 0.1) is 15.9 Å².